The Bertz CT molecular complexity index is 185. The highest BCUT2D eigenvalue weighted by Crippen LogP contribution is 2.26. The monoisotopic (exact) mass is 218 g/mol. The Morgan fingerprint density at radius 2 is 1.47 bits per heavy atom. The Hall–Kier alpha value is -0.160. The summed E-state index contributed by atoms with van der Waals surface area (Å²) in [6.45, 7) is 6.63. The summed E-state index contributed by atoms with van der Waals surface area (Å²) in [6.07, 6.45) is -0.111. The molecule has 15 heavy (non-hydrogen) atoms. The third kappa shape index (κ3) is 2.69. The summed E-state index contributed by atoms with van der Waals surface area (Å²) in [5, 5.41) is 0. The van der Waals surface area contributed by atoms with Crippen molar-refractivity contribution in [3.63, 3.8) is 0 Å². The minimum atomic E-state index is -0.0669. The van der Waals surface area contributed by atoms with Crippen molar-refractivity contribution in [3.8, 4) is 0 Å². The van der Waals surface area contributed by atoms with Crippen LogP contribution < -0.4 is 0 Å². The highest BCUT2D eigenvalue weighted by molar-refractivity contribution is 4.91. The second-order valence-electron chi connectivity index (χ2n) is 3.87. The van der Waals surface area contributed by atoms with Crippen molar-refractivity contribution in [3.05, 3.63) is 0 Å². The lowest BCUT2D eigenvalue weighted by atomic mass is 9.96. The van der Waals surface area contributed by atoms with Crippen LogP contribution in [0.5, 0.6) is 0 Å². The first-order valence-electron chi connectivity index (χ1n) is 5.48. The molecule has 0 aromatic heterocycles. The van der Waals surface area contributed by atoms with Gasteiger partial charge in [-0.25, -0.2) is 0 Å². The SMILES string of the molecule is CCOC1[C@H](C)O[C@@H](C)[C@H](OC)[C@H]1OC. The lowest BCUT2D eigenvalue weighted by molar-refractivity contribution is -0.238. The molecule has 0 aliphatic carbocycles. The van der Waals surface area contributed by atoms with Gasteiger partial charge in [0, 0.05) is 20.8 Å². The van der Waals surface area contributed by atoms with Crippen molar-refractivity contribution >= 4 is 0 Å². The molecule has 1 heterocycles. The first-order chi connectivity index (χ1) is 7.15. The van der Waals surface area contributed by atoms with Crippen molar-refractivity contribution in [1.29, 1.82) is 0 Å². The van der Waals surface area contributed by atoms with Crippen LogP contribution in [-0.2, 0) is 18.9 Å². The molecule has 1 aliphatic rings. The molecule has 0 N–H and O–H groups in total. The Morgan fingerprint density at radius 3 is 1.93 bits per heavy atom. The van der Waals surface area contributed by atoms with Crippen LogP contribution >= 0.6 is 0 Å². The number of methoxy groups -OCH3 is 2. The van der Waals surface area contributed by atoms with Crippen molar-refractivity contribution in [2.75, 3.05) is 20.8 Å². The van der Waals surface area contributed by atoms with E-state index in [9.17, 15) is 0 Å². The van der Waals surface area contributed by atoms with Gasteiger partial charge >= 0.3 is 0 Å². The minimum Gasteiger partial charge on any atom is -0.376 e. The molecule has 1 unspecified atom stereocenters. The number of hydrogen-bond donors (Lipinski definition) is 0. The van der Waals surface area contributed by atoms with Crippen LogP contribution in [-0.4, -0.2) is 51.3 Å². The molecule has 4 nitrogen and oxygen atoms in total. The highest BCUT2D eigenvalue weighted by atomic mass is 16.6. The second-order valence-corrected chi connectivity index (χ2v) is 3.87. The Labute approximate surface area is 91.8 Å². The molecule has 5 atom stereocenters. The van der Waals surface area contributed by atoms with Crippen LogP contribution in [0.25, 0.3) is 0 Å². The molecule has 0 radical (unpaired) electrons. The van der Waals surface area contributed by atoms with Crippen molar-refractivity contribution in [1.82, 2.24) is 0 Å². The van der Waals surface area contributed by atoms with Gasteiger partial charge in [0.05, 0.1) is 12.2 Å². The summed E-state index contributed by atoms with van der Waals surface area (Å²) < 4.78 is 22.3. The summed E-state index contributed by atoms with van der Waals surface area (Å²) in [5.74, 6) is 0. The third-order valence-corrected chi connectivity index (χ3v) is 2.91. The molecule has 4 heteroatoms. The lowest BCUT2D eigenvalue weighted by Gasteiger charge is -2.43. The van der Waals surface area contributed by atoms with Crippen LogP contribution in [0.3, 0.4) is 0 Å². The normalized spacial score (nSPS) is 41.8. The van der Waals surface area contributed by atoms with E-state index in [0.29, 0.717) is 6.61 Å². The smallest absolute Gasteiger partial charge is 0.114 e. The molecule has 0 saturated carbocycles. The molecule has 1 rings (SSSR count). The van der Waals surface area contributed by atoms with Crippen molar-refractivity contribution < 1.29 is 18.9 Å². The van der Waals surface area contributed by atoms with Gasteiger partial charge in [-0.3, -0.25) is 0 Å². The first-order valence-corrected chi connectivity index (χ1v) is 5.48. The molecule has 90 valence electrons. The second kappa shape index (κ2) is 5.80. The average Bonchev–Trinajstić information content (AvgIpc) is 2.21. The summed E-state index contributed by atoms with van der Waals surface area (Å²) in [4.78, 5) is 0. The van der Waals surface area contributed by atoms with E-state index < -0.39 is 0 Å². The molecule has 1 fully saturated rings. The fourth-order valence-corrected chi connectivity index (χ4v) is 2.23. The summed E-state index contributed by atoms with van der Waals surface area (Å²) >= 11 is 0. The van der Waals surface area contributed by atoms with Gasteiger partial charge < -0.3 is 18.9 Å². The number of ether oxygens (including phenoxy) is 4. The molecule has 0 aromatic rings. The van der Waals surface area contributed by atoms with Crippen molar-refractivity contribution in [2.24, 2.45) is 0 Å². The fraction of sp³-hybridized carbons (Fsp3) is 1.00. The molecule has 0 aromatic carbocycles. The molecule has 0 amide bonds. The van der Waals surface area contributed by atoms with E-state index in [1.54, 1.807) is 14.2 Å². The number of rotatable bonds is 4. The van der Waals surface area contributed by atoms with Crippen LogP contribution in [0.1, 0.15) is 20.8 Å². The predicted octanol–water partition coefficient (Wildman–Crippen LogP) is 1.23. The standard InChI is InChI=1S/C11H22O4/c1-6-14-10-8(3)15-7(2)9(12-4)11(10)13-5/h7-11H,6H2,1-5H3/t7-,8-,9-,10?,11+/m0/s1. The molecule has 1 aliphatic heterocycles. The van der Waals surface area contributed by atoms with Gasteiger partial charge in [0.25, 0.3) is 0 Å². The molecule has 0 bridgehead atoms. The van der Waals surface area contributed by atoms with Gasteiger partial charge in [-0.2, -0.15) is 0 Å². The number of hydrogen-bond acceptors (Lipinski definition) is 4. The van der Waals surface area contributed by atoms with Gasteiger partial charge in [0.15, 0.2) is 0 Å². The van der Waals surface area contributed by atoms with Crippen LogP contribution in [0.4, 0.5) is 0 Å². The van der Waals surface area contributed by atoms with E-state index in [-0.39, 0.29) is 30.5 Å². The van der Waals surface area contributed by atoms with Gasteiger partial charge in [0.1, 0.15) is 18.3 Å². The van der Waals surface area contributed by atoms with Crippen LogP contribution in [0.2, 0.25) is 0 Å². The van der Waals surface area contributed by atoms with Crippen molar-refractivity contribution in [2.45, 2.75) is 51.3 Å². The zero-order valence-corrected chi connectivity index (χ0v) is 10.2. The maximum atomic E-state index is 5.76. The Kier molecular flexibility index (Phi) is 4.99. The van der Waals surface area contributed by atoms with Gasteiger partial charge in [-0.1, -0.05) is 0 Å². The maximum absolute atomic E-state index is 5.76. The summed E-state index contributed by atoms with van der Waals surface area (Å²) in [6, 6.07) is 0. The zero-order valence-electron chi connectivity index (χ0n) is 10.2. The topological polar surface area (TPSA) is 36.9 Å². The van der Waals surface area contributed by atoms with Gasteiger partial charge in [0.2, 0.25) is 0 Å². The van der Waals surface area contributed by atoms with E-state index >= 15 is 0 Å². The lowest BCUT2D eigenvalue weighted by Crippen LogP contribution is -2.58. The highest BCUT2D eigenvalue weighted by Gasteiger charge is 2.43. The zero-order chi connectivity index (χ0) is 11.4. The van der Waals surface area contributed by atoms with E-state index in [2.05, 4.69) is 0 Å². The average molecular weight is 218 g/mol. The van der Waals surface area contributed by atoms with E-state index in [1.807, 2.05) is 20.8 Å². The van der Waals surface area contributed by atoms with Crippen LogP contribution in [0, 0.1) is 0 Å². The van der Waals surface area contributed by atoms with Gasteiger partial charge in [-0.15, -0.1) is 0 Å². The molecular formula is C11H22O4. The van der Waals surface area contributed by atoms with Gasteiger partial charge in [-0.05, 0) is 20.8 Å². The maximum Gasteiger partial charge on any atom is 0.114 e. The largest absolute Gasteiger partial charge is 0.376 e. The Balaban J connectivity index is 2.75. The predicted molar refractivity (Wildman–Crippen MR) is 57.0 cm³/mol. The summed E-state index contributed by atoms with van der Waals surface area (Å²) in [5.41, 5.74) is 0. The van der Waals surface area contributed by atoms with E-state index in [4.69, 9.17) is 18.9 Å². The molecular weight excluding hydrogens is 196 g/mol. The molecule has 1 saturated heterocycles. The Morgan fingerprint density at radius 1 is 0.933 bits per heavy atom. The van der Waals surface area contributed by atoms with E-state index in [0.717, 1.165) is 0 Å². The molecule has 0 spiro atoms. The third-order valence-electron chi connectivity index (χ3n) is 2.91. The van der Waals surface area contributed by atoms with E-state index in [1.165, 1.54) is 0 Å². The fourth-order valence-electron chi connectivity index (χ4n) is 2.23. The van der Waals surface area contributed by atoms with Crippen LogP contribution in [0.15, 0.2) is 0 Å². The minimum absolute atomic E-state index is 0.0339. The quantitative estimate of drug-likeness (QED) is 0.711. The first kappa shape index (κ1) is 12.9. The summed E-state index contributed by atoms with van der Waals surface area (Å²) in [7, 11) is 3.36.